The fraction of sp³-hybridized carbons (Fsp3) is 0.900. The minimum absolute atomic E-state index is 0.0215. The molecule has 1 saturated carbocycles. The lowest BCUT2D eigenvalue weighted by Gasteiger charge is -2.37. The Kier molecular flexibility index (Phi) is 3.31. The van der Waals surface area contributed by atoms with E-state index in [1.807, 2.05) is 6.92 Å². The summed E-state index contributed by atoms with van der Waals surface area (Å²) in [5, 5.41) is 18.2. The molecule has 0 amide bonds. The Bertz CT molecular complexity index is 183. The van der Waals surface area contributed by atoms with Crippen LogP contribution in [0, 0.1) is 11.3 Å². The first-order valence-electron chi connectivity index (χ1n) is 4.98. The van der Waals surface area contributed by atoms with Crippen LogP contribution in [0.4, 0.5) is 0 Å². The summed E-state index contributed by atoms with van der Waals surface area (Å²) in [5.41, 5.74) is -0.646. The van der Waals surface area contributed by atoms with Crippen molar-refractivity contribution in [2.75, 3.05) is 6.61 Å². The minimum Gasteiger partial charge on any atom is -0.481 e. The third-order valence-electron chi connectivity index (χ3n) is 3.39. The summed E-state index contributed by atoms with van der Waals surface area (Å²) < 4.78 is 0. The number of aliphatic hydroxyl groups excluding tert-OH is 1. The zero-order chi connectivity index (χ0) is 9.90. The van der Waals surface area contributed by atoms with Crippen LogP contribution >= 0.6 is 0 Å². The maximum atomic E-state index is 11.2. The number of rotatable bonds is 3. The van der Waals surface area contributed by atoms with Gasteiger partial charge in [-0.1, -0.05) is 26.2 Å². The standard InChI is InChI=1S/C10H18O3/c1-8(7-11)10(9(12)13)5-3-2-4-6-10/h8,11H,2-7H2,1H3,(H,12,13). The monoisotopic (exact) mass is 186 g/mol. The van der Waals surface area contributed by atoms with Gasteiger partial charge in [0.05, 0.1) is 5.41 Å². The average molecular weight is 186 g/mol. The lowest BCUT2D eigenvalue weighted by molar-refractivity contribution is -0.156. The van der Waals surface area contributed by atoms with Crippen LogP contribution in [0.15, 0.2) is 0 Å². The Morgan fingerprint density at radius 1 is 1.38 bits per heavy atom. The first-order chi connectivity index (χ1) is 6.13. The molecule has 1 atom stereocenters. The van der Waals surface area contributed by atoms with Gasteiger partial charge in [0, 0.05) is 6.61 Å². The highest BCUT2D eigenvalue weighted by Crippen LogP contribution is 2.42. The second kappa shape index (κ2) is 4.09. The zero-order valence-corrected chi connectivity index (χ0v) is 8.12. The number of carbonyl (C=O) groups is 1. The molecule has 0 bridgehead atoms. The maximum Gasteiger partial charge on any atom is 0.309 e. The second-order valence-corrected chi connectivity index (χ2v) is 4.11. The van der Waals surface area contributed by atoms with E-state index in [4.69, 9.17) is 5.11 Å². The van der Waals surface area contributed by atoms with Crippen molar-refractivity contribution < 1.29 is 15.0 Å². The lowest BCUT2D eigenvalue weighted by atomic mass is 9.66. The van der Waals surface area contributed by atoms with Gasteiger partial charge >= 0.3 is 5.97 Å². The minimum atomic E-state index is -0.728. The zero-order valence-electron chi connectivity index (χ0n) is 8.12. The smallest absolute Gasteiger partial charge is 0.309 e. The molecule has 1 fully saturated rings. The van der Waals surface area contributed by atoms with Crippen LogP contribution in [-0.4, -0.2) is 22.8 Å². The Hall–Kier alpha value is -0.570. The molecule has 1 aliphatic rings. The SMILES string of the molecule is CC(CO)C1(C(=O)O)CCCCC1. The van der Waals surface area contributed by atoms with Crippen molar-refractivity contribution in [1.82, 2.24) is 0 Å². The third-order valence-corrected chi connectivity index (χ3v) is 3.39. The number of aliphatic hydroxyl groups is 1. The van der Waals surface area contributed by atoms with Crippen molar-refractivity contribution in [3.63, 3.8) is 0 Å². The quantitative estimate of drug-likeness (QED) is 0.704. The topological polar surface area (TPSA) is 57.5 Å². The predicted octanol–water partition coefficient (Wildman–Crippen LogP) is 1.65. The van der Waals surface area contributed by atoms with Gasteiger partial charge in [-0.05, 0) is 18.8 Å². The summed E-state index contributed by atoms with van der Waals surface area (Å²) in [7, 11) is 0. The van der Waals surface area contributed by atoms with Gasteiger partial charge in [0.1, 0.15) is 0 Å². The Morgan fingerprint density at radius 3 is 2.31 bits per heavy atom. The highest BCUT2D eigenvalue weighted by molar-refractivity contribution is 5.75. The van der Waals surface area contributed by atoms with E-state index in [0.717, 1.165) is 32.1 Å². The molecule has 0 heterocycles. The van der Waals surface area contributed by atoms with E-state index in [2.05, 4.69) is 0 Å². The molecule has 3 nitrogen and oxygen atoms in total. The Labute approximate surface area is 78.8 Å². The van der Waals surface area contributed by atoms with Gasteiger partial charge in [-0.2, -0.15) is 0 Å². The summed E-state index contributed by atoms with van der Waals surface area (Å²) in [5.74, 6) is -0.848. The van der Waals surface area contributed by atoms with Gasteiger partial charge in [0.15, 0.2) is 0 Å². The summed E-state index contributed by atoms with van der Waals surface area (Å²) >= 11 is 0. The van der Waals surface area contributed by atoms with Gasteiger partial charge in [0.2, 0.25) is 0 Å². The highest BCUT2D eigenvalue weighted by Gasteiger charge is 2.43. The number of aliphatic carboxylic acids is 1. The van der Waals surface area contributed by atoms with Gasteiger partial charge in [-0.15, -0.1) is 0 Å². The van der Waals surface area contributed by atoms with Crippen LogP contribution in [0.5, 0.6) is 0 Å². The highest BCUT2D eigenvalue weighted by atomic mass is 16.4. The van der Waals surface area contributed by atoms with Gasteiger partial charge < -0.3 is 10.2 Å². The average Bonchev–Trinajstić information content (AvgIpc) is 2.17. The van der Waals surface area contributed by atoms with E-state index in [-0.39, 0.29) is 12.5 Å². The first-order valence-corrected chi connectivity index (χ1v) is 4.98. The Balaban J connectivity index is 2.78. The van der Waals surface area contributed by atoms with Crippen LogP contribution in [0.3, 0.4) is 0 Å². The third kappa shape index (κ3) is 1.85. The second-order valence-electron chi connectivity index (χ2n) is 4.11. The number of hydrogen-bond acceptors (Lipinski definition) is 2. The molecule has 0 aliphatic heterocycles. The maximum absolute atomic E-state index is 11.2. The molecule has 1 unspecified atom stereocenters. The molecule has 76 valence electrons. The summed E-state index contributed by atoms with van der Waals surface area (Å²) in [6.07, 6.45) is 4.55. The van der Waals surface area contributed by atoms with Crippen molar-refractivity contribution in [1.29, 1.82) is 0 Å². The van der Waals surface area contributed by atoms with Crippen LogP contribution in [0.2, 0.25) is 0 Å². The molecule has 0 radical (unpaired) electrons. The van der Waals surface area contributed by atoms with Crippen molar-refractivity contribution >= 4 is 5.97 Å². The van der Waals surface area contributed by atoms with Gasteiger partial charge in [-0.25, -0.2) is 0 Å². The first kappa shape index (κ1) is 10.5. The fourth-order valence-electron chi connectivity index (χ4n) is 2.27. The molecule has 1 rings (SSSR count). The molecular formula is C10H18O3. The predicted molar refractivity (Wildman–Crippen MR) is 49.4 cm³/mol. The van der Waals surface area contributed by atoms with E-state index in [9.17, 15) is 9.90 Å². The Morgan fingerprint density at radius 2 is 1.92 bits per heavy atom. The van der Waals surface area contributed by atoms with Crippen molar-refractivity contribution in [3.8, 4) is 0 Å². The van der Waals surface area contributed by atoms with Gasteiger partial charge in [0.25, 0.3) is 0 Å². The molecular weight excluding hydrogens is 168 g/mol. The molecule has 3 heteroatoms. The number of carboxylic acid groups (broad SMARTS) is 1. The van der Waals surface area contributed by atoms with Crippen LogP contribution < -0.4 is 0 Å². The molecule has 0 aromatic heterocycles. The lowest BCUT2D eigenvalue weighted by Crippen LogP contribution is -2.40. The van der Waals surface area contributed by atoms with E-state index >= 15 is 0 Å². The van der Waals surface area contributed by atoms with Gasteiger partial charge in [-0.3, -0.25) is 4.79 Å². The summed E-state index contributed by atoms with van der Waals surface area (Å²) in [6, 6.07) is 0. The number of hydrogen-bond donors (Lipinski definition) is 2. The molecule has 0 saturated heterocycles. The van der Waals surface area contributed by atoms with E-state index in [0.29, 0.717) is 0 Å². The summed E-state index contributed by atoms with van der Waals surface area (Å²) in [4.78, 5) is 11.2. The largest absolute Gasteiger partial charge is 0.481 e. The van der Waals surface area contributed by atoms with Crippen molar-refractivity contribution in [3.05, 3.63) is 0 Å². The van der Waals surface area contributed by atoms with Crippen molar-refractivity contribution in [2.24, 2.45) is 11.3 Å². The van der Waals surface area contributed by atoms with E-state index < -0.39 is 11.4 Å². The van der Waals surface area contributed by atoms with Crippen LogP contribution in [-0.2, 0) is 4.79 Å². The van der Waals surface area contributed by atoms with Crippen molar-refractivity contribution in [2.45, 2.75) is 39.0 Å². The molecule has 0 spiro atoms. The van der Waals surface area contributed by atoms with E-state index in [1.54, 1.807) is 0 Å². The normalized spacial score (nSPS) is 23.8. The molecule has 0 aromatic rings. The van der Waals surface area contributed by atoms with E-state index in [1.165, 1.54) is 0 Å². The number of carboxylic acids is 1. The molecule has 2 N–H and O–H groups in total. The molecule has 13 heavy (non-hydrogen) atoms. The fourth-order valence-corrected chi connectivity index (χ4v) is 2.27. The van der Waals surface area contributed by atoms with Crippen LogP contribution in [0.25, 0.3) is 0 Å². The summed E-state index contributed by atoms with van der Waals surface area (Å²) in [6.45, 7) is 1.81. The molecule has 1 aliphatic carbocycles. The van der Waals surface area contributed by atoms with Crippen LogP contribution in [0.1, 0.15) is 39.0 Å². The molecule has 0 aromatic carbocycles.